The van der Waals surface area contributed by atoms with E-state index in [0.717, 1.165) is 0 Å². The zero-order chi connectivity index (χ0) is 14.4. The fourth-order valence-corrected chi connectivity index (χ4v) is 1.41. The molecule has 102 valence electrons. The van der Waals surface area contributed by atoms with Gasteiger partial charge in [0.25, 0.3) is 11.8 Å². The molecule has 0 aliphatic rings. The zero-order valence-corrected chi connectivity index (χ0v) is 10.8. The fourth-order valence-electron chi connectivity index (χ4n) is 1.41. The van der Waals surface area contributed by atoms with Gasteiger partial charge >= 0.3 is 5.97 Å². The molecular weight excluding hydrogens is 248 g/mol. The molecule has 0 aliphatic heterocycles. The van der Waals surface area contributed by atoms with Crippen molar-refractivity contribution in [2.75, 3.05) is 20.6 Å². The summed E-state index contributed by atoms with van der Waals surface area (Å²) in [6.07, 6.45) is -0.122. The highest BCUT2D eigenvalue weighted by Gasteiger charge is 2.10. The number of nitrogens with zero attached hydrogens (tertiary/aromatic N) is 1. The molecule has 1 aromatic carbocycles. The van der Waals surface area contributed by atoms with E-state index in [0.29, 0.717) is 11.1 Å². The first-order valence-electron chi connectivity index (χ1n) is 5.73. The molecule has 0 unspecified atom stereocenters. The summed E-state index contributed by atoms with van der Waals surface area (Å²) in [4.78, 5) is 35.0. The molecule has 1 aromatic rings. The molecule has 0 atom stereocenters. The molecule has 0 heterocycles. The Kier molecular flexibility index (Phi) is 5.05. The number of carboxylic acid groups (broad SMARTS) is 1. The van der Waals surface area contributed by atoms with E-state index in [4.69, 9.17) is 5.11 Å². The van der Waals surface area contributed by atoms with Gasteiger partial charge in [-0.1, -0.05) is 0 Å². The van der Waals surface area contributed by atoms with Gasteiger partial charge in [0.15, 0.2) is 0 Å². The van der Waals surface area contributed by atoms with Crippen LogP contribution in [-0.2, 0) is 4.79 Å². The number of carbonyl (C=O) groups excluding carboxylic acids is 2. The van der Waals surface area contributed by atoms with Crippen LogP contribution in [0.1, 0.15) is 27.1 Å². The monoisotopic (exact) mass is 264 g/mol. The fraction of sp³-hybridized carbons (Fsp3) is 0.308. The second-order valence-corrected chi connectivity index (χ2v) is 4.18. The third-order valence-electron chi connectivity index (χ3n) is 2.42. The summed E-state index contributed by atoms with van der Waals surface area (Å²) in [6.45, 7) is 0.0759. The second-order valence-electron chi connectivity index (χ2n) is 4.18. The lowest BCUT2D eigenvalue weighted by atomic mass is 10.1. The number of hydrogen-bond donors (Lipinski definition) is 2. The largest absolute Gasteiger partial charge is 0.481 e. The Hall–Kier alpha value is -2.37. The Morgan fingerprint density at radius 3 is 2.11 bits per heavy atom. The minimum absolute atomic E-state index is 0.0759. The molecule has 0 aliphatic carbocycles. The number of aliphatic carboxylic acids is 1. The topological polar surface area (TPSA) is 86.7 Å². The average Bonchev–Trinajstić information content (AvgIpc) is 2.37. The van der Waals surface area contributed by atoms with E-state index in [1.54, 1.807) is 26.2 Å². The van der Waals surface area contributed by atoms with Gasteiger partial charge in [0.2, 0.25) is 0 Å². The van der Waals surface area contributed by atoms with Crippen LogP contribution in [0.2, 0.25) is 0 Å². The van der Waals surface area contributed by atoms with Gasteiger partial charge in [-0.3, -0.25) is 14.4 Å². The van der Waals surface area contributed by atoms with Crippen LogP contribution in [0.25, 0.3) is 0 Å². The van der Waals surface area contributed by atoms with Crippen molar-refractivity contribution < 1.29 is 19.5 Å². The van der Waals surface area contributed by atoms with Crippen molar-refractivity contribution in [2.45, 2.75) is 6.42 Å². The van der Waals surface area contributed by atoms with Gasteiger partial charge in [-0.05, 0) is 24.3 Å². The lowest BCUT2D eigenvalue weighted by molar-refractivity contribution is -0.136. The molecule has 2 N–H and O–H groups in total. The lowest BCUT2D eigenvalue weighted by Gasteiger charge is -2.10. The maximum absolute atomic E-state index is 11.6. The van der Waals surface area contributed by atoms with Gasteiger partial charge in [-0.25, -0.2) is 0 Å². The summed E-state index contributed by atoms with van der Waals surface area (Å²) >= 11 is 0. The molecule has 0 saturated carbocycles. The van der Waals surface area contributed by atoms with Crippen LogP contribution in [0.15, 0.2) is 24.3 Å². The Bertz CT molecular complexity index is 480. The van der Waals surface area contributed by atoms with E-state index in [1.807, 2.05) is 0 Å². The third kappa shape index (κ3) is 4.42. The number of carbonyl (C=O) groups is 3. The first-order chi connectivity index (χ1) is 8.91. The molecule has 0 aromatic heterocycles. The van der Waals surface area contributed by atoms with Gasteiger partial charge in [0, 0.05) is 31.8 Å². The highest BCUT2D eigenvalue weighted by atomic mass is 16.4. The summed E-state index contributed by atoms with van der Waals surface area (Å²) in [5.74, 6) is -1.46. The van der Waals surface area contributed by atoms with Crippen LogP contribution in [0.3, 0.4) is 0 Å². The maximum atomic E-state index is 11.6. The van der Waals surface area contributed by atoms with E-state index in [9.17, 15) is 14.4 Å². The summed E-state index contributed by atoms with van der Waals surface area (Å²) < 4.78 is 0. The van der Waals surface area contributed by atoms with Crippen molar-refractivity contribution in [2.24, 2.45) is 0 Å². The van der Waals surface area contributed by atoms with E-state index in [2.05, 4.69) is 5.32 Å². The van der Waals surface area contributed by atoms with Crippen molar-refractivity contribution in [3.63, 3.8) is 0 Å². The smallest absolute Gasteiger partial charge is 0.305 e. The normalized spacial score (nSPS) is 9.79. The van der Waals surface area contributed by atoms with Crippen molar-refractivity contribution in [3.8, 4) is 0 Å². The van der Waals surface area contributed by atoms with Crippen molar-refractivity contribution in [1.29, 1.82) is 0 Å². The quantitative estimate of drug-likeness (QED) is 0.815. The zero-order valence-electron chi connectivity index (χ0n) is 10.8. The Labute approximate surface area is 111 Å². The van der Waals surface area contributed by atoms with Crippen molar-refractivity contribution >= 4 is 17.8 Å². The predicted octanol–water partition coefficient (Wildman–Crippen LogP) is 0.593. The van der Waals surface area contributed by atoms with Crippen LogP contribution in [0.4, 0.5) is 0 Å². The molecule has 0 fully saturated rings. The maximum Gasteiger partial charge on any atom is 0.305 e. The van der Waals surface area contributed by atoms with E-state index < -0.39 is 5.97 Å². The number of carboxylic acids is 1. The van der Waals surface area contributed by atoms with E-state index >= 15 is 0 Å². The van der Waals surface area contributed by atoms with Crippen LogP contribution in [0.5, 0.6) is 0 Å². The second kappa shape index (κ2) is 6.53. The Balaban J connectivity index is 2.63. The molecule has 0 saturated heterocycles. The van der Waals surface area contributed by atoms with Crippen LogP contribution in [-0.4, -0.2) is 48.4 Å². The minimum Gasteiger partial charge on any atom is -0.481 e. The molecule has 2 amide bonds. The molecule has 0 spiro atoms. The molecule has 6 nitrogen and oxygen atoms in total. The summed E-state index contributed by atoms with van der Waals surface area (Å²) in [6, 6.07) is 6.20. The highest BCUT2D eigenvalue weighted by Crippen LogP contribution is 2.06. The van der Waals surface area contributed by atoms with Crippen LogP contribution < -0.4 is 5.32 Å². The van der Waals surface area contributed by atoms with Crippen LogP contribution >= 0.6 is 0 Å². The number of amides is 2. The van der Waals surface area contributed by atoms with Crippen LogP contribution in [0, 0.1) is 0 Å². The molecule has 1 rings (SSSR count). The molecule has 19 heavy (non-hydrogen) atoms. The first-order valence-corrected chi connectivity index (χ1v) is 5.73. The van der Waals surface area contributed by atoms with Gasteiger partial charge in [0.05, 0.1) is 6.42 Å². The molecule has 0 radical (unpaired) electrons. The predicted molar refractivity (Wildman–Crippen MR) is 69.0 cm³/mol. The average molecular weight is 264 g/mol. The molecular formula is C13H16N2O4. The molecule has 0 bridgehead atoms. The first kappa shape index (κ1) is 14.7. The number of hydrogen-bond acceptors (Lipinski definition) is 3. The Morgan fingerprint density at radius 1 is 1.11 bits per heavy atom. The molecule has 6 heteroatoms. The third-order valence-corrected chi connectivity index (χ3v) is 2.42. The van der Waals surface area contributed by atoms with E-state index in [-0.39, 0.29) is 24.8 Å². The number of nitrogens with one attached hydrogen (secondary N) is 1. The van der Waals surface area contributed by atoms with Gasteiger partial charge in [-0.15, -0.1) is 0 Å². The van der Waals surface area contributed by atoms with Crippen molar-refractivity contribution in [3.05, 3.63) is 35.4 Å². The Morgan fingerprint density at radius 2 is 1.63 bits per heavy atom. The standard InChI is InChI=1S/C13H16N2O4/c1-15(2)13(19)10-5-3-9(4-6-10)12(18)14-8-7-11(16)17/h3-6H,7-8H2,1-2H3,(H,14,18)(H,16,17). The van der Waals surface area contributed by atoms with Crippen molar-refractivity contribution in [1.82, 2.24) is 10.2 Å². The number of benzene rings is 1. The minimum atomic E-state index is -0.966. The van der Waals surface area contributed by atoms with Gasteiger partial charge in [-0.2, -0.15) is 0 Å². The number of rotatable bonds is 5. The highest BCUT2D eigenvalue weighted by molar-refractivity contribution is 5.97. The van der Waals surface area contributed by atoms with Gasteiger partial charge in [0.1, 0.15) is 0 Å². The summed E-state index contributed by atoms with van der Waals surface area (Å²) in [7, 11) is 3.30. The SMILES string of the molecule is CN(C)C(=O)c1ccc(C(=O)NCCC(=O)O)cc1. The van der Waals surface area contributed by atoms with Gasteiger partial charge < -0.3 is 15.3 Å². The summed E-state index contributed by atoms with van der Waals surface area (Å²) in [5, 5.41) is 10.9. The van der Waals surface area contributed by atoms with E-state index in [1.165, 1.54) is 17.0 Å². The summed E-state index contributed by atoms with van der Waals surface area (Å²) in [5.41, 5.74) is 0.882. The lowest BCUT2D eigenvalue weighted by Crippen LogP contribution is -2.26.